The number of carbonyl (C=O) groups is 3. The molecule has 20 heavy (non-hydrogen) atoms. The fourth-order valence-corrected chi connectivity index (χ4v) is 0. The molecular formula is C9H16CaO8S2. The molecule has 0 unspecified atom stereocenters. The average molecular weight is 356 g/mol. The Labute approximate surface area is 157 Å². The molecule has 11 heteroatoms. The van der Waals surface area contributed by atoms with Crippen LogP contribution in [0.4, 0.5) is 0 Å². The quantitative estimate of drug-likeness (QED) is 0.195. The van der Waals surface area contributed by atoms with Crippen LogP contribution >= 0.6 is 25.3 Å². The summed E-state index contributed by atoms with van der Waals surface area (Å²) < 4.78 is 0. The molecule has 0 radical (unpaired) electrons. The molecule has 0 amide bonds. The third kappa shape index (κ3) is 106. The molecule has 0 aliphatic carbocycles. The topological polar surface area (TPSA) is 158 Å². The van der Waals surface area contributed by atoms with Crippen molar-refractivity contribution in [1.29, 1.82) is 0 Å². The van der Waals surface area contributed by atoms with E-state index in [1.54, 1.807) is 0 Å². The van der Waals surface area contributed by atoms with Gasteiger partial charge in [-0.1, -0.05) is 6.58 Å². The van der Waals surface area contributed by atoms with Crippen molar-refractivity contribution in [3.05, 3.63) is 12.7 Å². The molecule has 0 rings (SSSR count). The summed E-state index contributed by atoms with van der Waals surface area (Å²) in [5, 5.41) is 41.2. The molecule has 0 spiro atoms. The fourth-order valence-electron chi connectivity index (χ4n) is 0. The minimum Gasteiger partial charge on any atom is -0.549 e. The maximum Gasteiger partial charge on any atom is 2.00 e. The SMILES string of the molecule is C=CC(=O)[O-].O=C(O)CS.O=C([O-])CS.OCCO.[Ca+2]. The van der Waals surface area contributed by atoms with Crippen LogP contribution in [-0.2, 0) is 14.4 Å². The Morgan fingerprint density at radius 2 is 1.25 bits per heavy atom. The van der Waals surface area contributed by atoms with Crippen LogP contribution in [-0.4, -0.2) is 95.7 Å². The van der Waals surface area contributed by atoms with Gasteiger partial charge in [-0.25, -0.2) is 0 Å². The Bertz CT molecular complexity index is 234. The summed E-state index contributed by atoms with van der Waals surface area (Å²) in [6, 6.07) is 0. The van der Waals surface area contributed by atoms with Gasteiger partial charge in [0.1, 0.15) is 0 Å². The molecule has 3 N–H and O–H groups in total. The van der Waals surface area contributed by atoms with E-state index < -0.39 is 17.9 Å². The van der Waals surface area contributed by atoms with Gasteiger partial charge < -0.3 is 35.1 Å². The van der Waals surface area contributed by atoms with Gasteiger partial charge in [0.15, 0.2) is 0 Å². The predicted octanol–water partition coefficient (Wildman–Crippen LogP) is -3.82. The molecule has 0 aromatic heterocycles. The number of thiol groups is 2. The zero-order valence-electron chi connectivity index (χ0n) is 10.6. The summed E-state index contributed by atoms with van der Waals surface area (Å²) in [4.78, 5) is 27.6. The third-order valence-electron chi connectivity index (χ3n) is 0.531. The van der Waals surface area contributed by atoms with Gasteiger partial charge in [-0.05, 0) is 6.08 Å². The molecule has 0 heterocycles. The van der Waals surface area contributed by atoms with Crippen LogP contribution in [0.5, 0.6) is 0 Å². The summed E-state index contributed by atoms with van der Waals surface area (Å²) in [5.74, 6) is -3.52. The Morgan fingerprint density at radius 3 is 1.25 bits per heavy atom. The van der Waals surface area contributed by atoms with Crippen molar-refractivity contribution >= 4 is 80.9 Å². The second kappa shape index (κ2) is 31.4. The number of hydrogen-bond donors (Lipinski definition) is 5. The standard InChI is InChI=1S/C3H4O2.2C2H4O2S.C2H6O2.Ca/c1-2-3(4)5;2*3-2(4)1-5;3-1-2-4;/h2H,1H2,(H,4,5);2*5H,1H2,(H,3,4);3-4H,1-2H2;/q;;;;+2/p-2. The number of hydrogen-bond acceptors (Lipinski definition) is 9. The summed E-state index contributed by atoms with van der Waals surface area (Å²) in [6.45, 7) is 2.65. The number of carboxylic acids is 3. The van der Waals surface area contributed by atoms with Crippen LogP contribution in [0.15, 0.2) is 12.7 Å². The van der Waals surface area contributed by atoms with E-state index in [0.717, 1.165) is 6.08 Å². The maximum absolute atomic E-state index is 9.29. The largest absolute Gasteiger partial charge is 2.00 e. The molecule has 0 bridgehead atoms. The Balaban J connectivity index is -0.0000000494. The zero-order valence-corrected chi connectivity index (χ0v) is 14.6. The first kappa shape index (κ1) is 32.1. The van der Waals surface area contributed by atoms with Crippen molar-refractivity contribution in [2.75, 3.05) is 24.7 Å². The summed E-state index contributed by atoms with van der Waals surface area (Å²) in [6.07, 6.45) is 0.722. The normalized spacial score (nSPS) is 6.80. The second-order valence-corrected chi connectivity index (χ2v) is 2.68. The van der Waals surface area contributed by atoms with E-state index in [1.165, 1.54) is 0 Å². The van der Waals surface area contributed by atoms with E-state index in [4.69, 9.17) is 25.2 Å². The van der Waals surface area contributed by atoms with E-state index in [2.05, 4.69) is 31.8 Å². The minimum absolute atomic E-state index is 0. The van der Waals surface area contributed by atoms with Gasteiger partial charge in [0.05, 0.1) is 30.9 Å². The van der Waals surface area contributed by atoms with Gasteiger partial charge in [0, 0.05) is 5.75 Å². The molecule has 0 aliphatic rings. The number of aliphatic hydroxyl groups is 2. The van der Waals surface area contributed by atoms with Gasteiger partial charge in [-0.2, -0.15) is 25.3 Å². The molecule has 0 saturated heterocycles. The predicted molar refractivity (Wildman–Crippen MR) is 75.5 cm³/mol. The summed E-state index contributed by atoms with van der Waals surface area (Å²) in [7, 11) is 0. The van der Waals surface area contributed by atoms with Gasteiger partial charge in [-0.15, -0.1) is 0 Å². The second-order valence-electron chi connectivity index (χ2n) is 2.05. The van der Waals surface area contributed by atoms with E-state index >= 15 is 0 Å². The molecule has 0 aromatic rings. The van der Waals surface area contributed by atoms with Crippen molar-refractivity contribution < 1.29 is 39.9 Å². The number of aliphatic hydroxyl groups excluding tert-OH is 2. The Kier molecular flexibility index (Phi) is 50.5. The third-order valence-corrected chi connectivity index (χ3v) is 1.06. The molecule has 0 saturated carbocycles. The van der Waals surface area contributed by atoms with E-state index in [1.807, 2.05) is 0 Å². The number of carbonyl (C=O) groups excluding carboxylic acids is 2. The number of rotatable bonds is 4. The molecule has 0 aromatic carbocycles. The van der Waals surface area contributed by atoms with Crippen LogP contribution < -0.4 is 10.2 Å². The van der Waals surface area contributed by atoms with Crippen molar-refractivity contribution in [2.24, 2.45) is 0 Å². The molecule has 0 atom stereocenters. The summed E-state index contributed by atoms with van der Waals surface area (Å²) in [5.41, 5.74) is 0. The Hall–Kier alpha value is 0.0297. The minimum atomic E-state index is -1.23. The Morgan fingerprint density at radius 1 is 1.05 bits per heavy atom. The zero-order chi connectivity index (χ0) is 16.3. The van der Waals surface area contributed by atoms with Crippen LogP contribution in [0.2, 0.25) is 0 Å². The van der Waals surface area contributed by atoms with Crippen LogP contribution in [0, 0.1) is 0 Å². The maximum atomic E-state index is 9.29. The monoisotopic (exact) mass is 356 g/mol. The first-order chi connectivity index (χ1) is 8.72. The van der Waals surface area contributed by atoms with E-state index in [0.29, 0.717) is 0 Å². The van der Waals surface area contributed by atoms with E-state index in [-0.39, 0.29) is 62.5 Å². The van der Waals surface area contributed by atoms with Crippen LogP contribution in [0.3, 0.4) is 0 Å². The van der Waals surface area contributed by atoms with Crippen molar-refractivity contribution in [3.8, 4) is 0 Å². The molecule has 0 fully saturated rings. The molecule has 8 nitrogen and oxygen atoms in total. The molecular weight excluding hydrogens is 340 g/mol. The average Bonchev–Trinajstić information content (AvgIpc) is 2.40. The number of aliphatic carboxylic acids is 3. The number of carboxylic acid groups (broad SMARTS) is 3. The van der Waals surface area contributed by atoms with Gasteiger partial charge >= 0.3 is 43.7 Å². The molecule has 0 aliphatic heterocycles. The van der Waals surface area contributed by atoms with Crippen LogP contribution in [0.1, 0.15) is 0 Å². The van der Waals surface area contributed by atoms with Gasteiger partial charge in [0.25, 0.3) is 0 Å². The van der Waals surface area contributed by atoms with Crippen LogP contribution in [0.25, 0.3) is 0 Å². The summed E-state index contributed by atoms with van der Waals surface area (Å²) >= 11 is 6.77. The first-order valence-corrected chi connectivity index (χ1v) is 5.68. The van der Waals surface area contributed by atoms with Crippen molar-refractivity contribution in [3.63, 3.8) is 0 Å². The van der Waals surface area contributed by atoms with Crippen molar-refractivity contribution in [2.45, 2.75) is 0 Å². The smallest absolute Gasteiger partial charge is 0.549 e. The van der Waals surface area contributed by atoms with E-state index in [9.17, 15) is 14.7 Å². The van der Waals surface area contributed by atoms with Gasteiger partial charge in [0.2, 0.25) is 0 Å². The van der Waals surface area contributed by atoms with Crippen molar-refractivity contribution in [1.82, 2.24) is 0 Å². The van der Waals surface area contributed by atoms with Gasteiger partial charge in [-0.3, -0.25) is 4.79 Å². The molecule has 114 valence electrons. The fraction of sp³-hybridized carbons (Fsp3) is 0.444. The first-order valence-electron chi connectivity index (χ1n) is 4.41.